The lowest BCUT2D eigenvalue weighted by Gasteiger charge is -2.40. The van der Waals surface area contributed by atoms with E-state index in [-0.39, 0.29) is 12.1 Å². The Labute approximate surface area is 141 Å². The van der Waals surface area contributed by atoms with Crippen LogP contribution in [0.5, 0.6) is 0 Å². The zero-order valence-corrected chi connectivity index (χ0v) is 14.0. The lowest BCUT2D eigenvalue weighted by Crippen LogP contribution is -2.48. The molecular formula is C18H20ClN3O. The van der Waals surface area contributed by atoms with Crippen LogP contribution in [-0.2, 0) is 0 Å². The molecule has 0 saturated heterocycles. The van der Waals surface area contributed by atoms with E-state index in [1.165, 1.54) is 0 Å². The standard InChI is InChI=1S/C18H20ClN3O/c1-21(2)10-11-22-16-12-14(19)8-9-15(16)18(23)20-17(22)13-6-4-3-5-7-13/h3-9,12,17H,10-11H2,1-2H3,(H,20,23)/t17-/m0/s1. The third-order valence-electron chi connectivity index (χ3n) is 4.00. The van der Waals surface area contributed by atoms with Crippen LogP contribution in [0.3, 0.4) is 0 Å². The van der Waals surface area contributed by atoms with Crippen molar-refractivity contribution in [3.8, 4) is 0 Å². The van der Waals surface area contributed by atoms with E-state index in [4.69, 9.17) is 11.6 Å². The first kappa shape index (κ1) is 15.8. The second-order valence-corrected chi connectivity index (χ2v) is 6.38. The number of rotatable bonds is 4. The number of benzene rings is 2. The van der Waals surface area contributed by atoms with Crippen LogP contribution in [0.15, 0.2) is 48.5 Å². The van der Waals surface area contributed by atoms with Crippen molar-refractivity contribution in [3.63, 3.8) is 0 Å². The van der Waals surface area contributed by atoms with Gasteiger partial charge in [-0.2, -0.15) is 0 Å². The molecule has 1 amide bonds. The molecular weight excluding hydrogens is 310 g/mol. The van der Waals surface area contributed by atoms with Crippen molar-refractivity contribution in [2.24, 2.45) is 0 Å². The lowest BCUT2D eigenvalue weighted by molar-refractivity contribution is 0.0926. The number of anilines is 1. The van der Waals surface area contributed by atoms with Crippen LogP contribution < -0.4 is 10.2 Å². The van der Waals surface area contributed by atoms with Gasteiger partial charge in [0.1, 0.15) is 6.17 Å². The Hall–Kier alpha value is -2.04. The number of fused-ring (bicyclic) bond motifs is 1. The molecule has 2 aromatic carbocycles. The van der Waals surface area contributed by atoms with E-state index >= 15 is 0 Å². The van der Waals surface area contributed by atoms with Gasteiger partial charge in [-0.05, 0) is 37.9 Å². The van der Waals surface area contributed by atoms with Gasteiger partial charge in [-0.15, -0.1) is 0 Å². The largest absolute Gasteiger partial charge is 0.345 e. The second-order valence-electron chi connectivity index (χ2n) is 5.94. The molecule has 0 spiro atoms. The Morgan fingerprint density at radius 2 is 1.91 bits per heavy atom. The maximum Gasteiger partial charge on any atom is 0.255 e. The molecule has 0 unspecified atom stereocenters. The summed E-state index contributed by atoms with van der Waals surface area (Å²) in [7, 11) is 4.08. The molecule has 3 rings (SSSR count). The molecule has 2 aromatic rings. The monoisotopic (exact) mass is 329 g/mol. The molecule has 1 aliphatic heterocycles. The topological polar surface area (TPSA) is 35.6 Å². The molecule has 0 radical (unpaired) electrons. The van der Waals surface area contributed by atoms with E-state index in [1.807, 2.05) is 50.5 Å². The molecule has 1 aliphatic rings. The quantitative estimate of drug-likeness (QED) is 0.936. The zero-order chi connectivity index (χ0) is 16.4. The van der Waals surface area contributed by atoms with Gasteiger partial charge in [0.25, 0.3) is 5.91 Å². The smallest absolute Gasteiger partial charge is 0.255 e. The van der Waals surface area contributed by atoms with Crippen LogP contribution in [0.4, 0.5) is 5.69 Å². The molecule has 0 aliphatic carbocycles. The van der Waals surface area contributed by atoms with Crippen LogP contribution in [0, 0.1) is 0 Å². The maximum atomic E-state index is 12.5. The fraction of sp³-hybridized carbons (Fsp3) is 0.278. The molecule has 1 N–H and O–H groups in total. The van der Waals surface area contributed by atoms with Crippen LogP contribution in [0.25, 0.3) is 0 Å². The van der Waals surface area contributed by atoms with Crippen LogP contribution in [0.2, 0.25) is 5.02 Å². The lowest BCUT2D eigenvalue weighted by atomic mass is 10.0. The molecule has 120 valence electrons. The molecule has 0 bridgehead atoms. The Bertz CT molecular complexity index is 703. The van der Waals surface area contributed by atoms with Crippen LogP contribution in [-0.4, -0.2) is 38.0 Å². The number of hydrogen-bond acceptors (Lipinski definition) is 3. The minimum Gasteiger partial charge on any atom is -0.345 e. The molecule has 1 atom stereocenters. The number of carbonyl (C=O) groups is 1. The van der Waals surface area contributed by atoms with E-state index < -0.39 is 0 Å². The third kappa shape index (κ3) is 3.33. The van der Waals surface area contributed by atoms with Gasteiger partial charge >= 0.3 is 0 Å². The highest BCUT2D eigenvalue weighted by molar-refractivity contribution is 6.31. The van der Waals surface area contributed by atoms with Gasteiger partial charge in [0.2, 0.25) is 0 Å². The van der Waals surface area contributed by atoms with Gasteiger partial charge in [-0.3, -0.25) is 4.79 Å². The van der Waals surface area contributed by atoms with E-state index in [9.17, 15) is 4.79 Å². The summed E-state index contributed by atoms with van der Waals surface area (Å²) >= 11 is 6.18. The first-order valence-electron chi connectivity index (χ1n) is 7.63. The van der Waals surface area contributed by atoms with Crippen LogP contribution >= 0.6 is 11.6 Å². The van der Waals surface area contributed by atoms with Crippen molar-refractivity contribution >= 4 is 23.2 Å². The summed E-state index contributed by atoms with van der Waals surface area (Å²) in [6.07, 6.45) is -0.186. The summed E-state index contributed by atoms with van der Waals surface area (Å²) in [5, 5.41) is 3.75. The summed E-state index contributed by atoms with van der Waals surface area (Å²) in [5.41, 5.74) is 2.61. The molecule has 23 heavy (non-hydrogen) atoms. The first-order chi connectivity index (χ1) is 11.1. The van der Waals surface area contributed by atoms with Gasteiger partial charge in [-0.25, -0.2) is 0 Å². The summed E-state index contributed by atoms with van der Waals surface area (Å²) in [6.45, 7) is 1.67. The minimum atomic E-state index is -0.186. The average Bonchev–Trinajstić information content (AvgIpc) is 2.54. The minimum absolute atomic E-state index is 0.0633. The molecule has 5 heteroatoms. The molecule has 0 fully saturated rings. The predicted molar refractivity (Wildman–Crippen MR) is 94.0 cm³/mol. The Morgan fingerprint density at radius 1 is 1.17 bits per heavy atom. The normalized spacial score (nSPS) is 17.1. The van der Waals surface area contributed by atoms with E-state index in [1.54, 1.807) is 12.1 Å². The van der Waals surface area contributed by atoms with Crippen LogP contribution in [0.1, 0.15) is 22.1 Å². The van der Waals surface area contributed by atoms with Gasteiger partial charge in [0.05, 0.1) is 11.3 Å². The van der Waals surface area contributed by atoms with Crippen molar-refractivity contribution in [1.29, 1.82) is 0 Å². The van der Waals surface area contributed by atoms with Gasteiger partial charge in [0, 0.05) is 18.1 Å². The fourth-order valence-electron chi connectivity index (χ4n) is 2.81. The number of halogens is 1. The van der Waals surface area contributed by atoms with Gasteiger partial charge < -0.3 is 15.1 Å². The van der Waals surface area contributed by atoms with Crippen molar-refractivity contribution in [2.75, 3.05) is 32.1 Å². The number of nitrogens with one attached hydrogen (secondary N) is 1. The number of nitrogens with zero attached hydrogens (tertiary/aromatic N) is 2. The van der Waals surface area contributed by atoms with Crippen molar-refractivity contribution in [2.45, 2.75) is 6.17 Å². The molecule has 0 aromatic heterocycles. The zero-order valence-electron chi connectivity index (χ0n) is 13.3. The maximum absolute atomic E-state index is 12.5. The van der Waals surface area contributed by atoms with E-state index in [0.717, 1.165) is 24.3 Å². The number of carbonyl (C=O) groups excluding carboxylic acids is 1. The number of amides is 1. The highest BCUT2D eigenvalue weighted by Crippen LogP contribution is 2.34. The number of hydrogen-bond donors (Lipinski definition) is 1. The van der Waals surface area contributed by atoms with Crippen molar-refractivity contribution in [3.05, 3.63) is 64.7 Å². The second kappa shape index (κ2) is 6.60. The van der Waals surface area contributed by atoms with Gasteiger partial charge in [0.15, 0.2) is 0 Å². The molecule has 4 nitrogen and oxygen atoms in total. The SMILES string of the molecule is CN(C)CCN1c2cc(Cl)ccc2C(=O)N[C@@H]1c1ccccc1. The van der Waals surface area contributed by atoms with Gasteiger partial charge in [-0.1, -0.05) is 41.9 Å². The highest BCUT2D eigenvalue weighted by atomic mass is 35.5. The molecule has 0 saturated carbocycles. The highest BCUT2D eigenvalue weighted by Gasteiger charge is 2.31. The Kier molecular flexibility index (Phi) is 4.55. The van der Waals surface area contributed by atoms with Crippen molar-refractivity contribution in [1.82, 2.24) is 10.2 Å². The molecule has 1 heterocycles. The van der Waals surface area contributed by atoms with E-state index in [0.29, 0.717) is 10.6 Å². The Morgan fingerprint density at radius 3 is 2.61 bits per heavy atom. The summed E-state index contributed by atoms with van der Waals surface area (Å²) < 4.78 is 0. The fourth-order valence-corrected chi connectivity index (χ4v) is 2.98. The average molecular weight is 330 g/mol. The van der Waals surface area contributed by atoms with Crippen molar-refractivity contribution < 1.29 is 4.79 Å². The summed E-state index contributed by atoms with van der Waals surface area (Å²) in [6, 6.07) is 15.4. The number of likely N-dealkylation sites (N-methyl/N-ethyl adjacent to an activating group) is 1. The van der Waals surface area contributed by atoms with E-state index in [2.05, 4.69) is 15.1 Å². The third-order valence-corrected chi connectivity index (χ3v) is 4.23. The Balaban J connectivity index is 2.04. The summed E-state index contributed by atoms with van der Waals surface area (Å²) in [5.74, 6) is -0.0633. The predicted octanol–water partition coefficient (Wildman–Crippen LogP) is 3.15. The first-order valence-corrected chi connectivity index (χ1v) is 8.01. The summed E-state index contributed by atoms with van der Waals surface area (Å²) in [4.78, 5) is 16.8.